The number of aryl methyl sites for hydroxylation is 1. The molecule has 1 aliphatic heterocycles. The quantitative estimate of drug-likeness (QED) is 0.757. The van der Waals surface area contributed by atoms with Crippen molar-refractivity contribution < 1.29 is 0 Å². The molecule has 0 aromatic heterocycles. The van der Waals surface area contributed by atoms with Gasteiger partial charge in [-0.2, -0.15) is 0 Å². The number of hydrogen-bond donors (Lipinski definition) is 0. The fraction of sp³-hybridized carbons (Fsp3) is 0.500. The van der Waals surface area contributed by atoms with Crippen LogP contribution in [-0.4, -0.2) is 18.0 Å². The lowest BCUT2D eigenvalue weighted by Crippen LogP contribution is -2.18. The van der Waals surface area contributed by atoms with E-state index in [2.05, 4.69) is 49.9 Å². The van der Waals surface area contributed by atoms with Crippen molar-refractivity contribution in [1.82, 2.24) is 4.90 Å². The van der Waals surface area contributed by atoms with Crippen LogP contribution in [0.25, 0.3) is 6.08 Å². The Morgan fingerprint density at radius 1 is 1.24 bits per heavy atom. The van der Waals surface area contributed by atoms with E-state index in [9.17, 15) is 0 Å². The van der Waals surface area contributed by atoms with E-state index in [-0.39, 0.29) is 0 Å². The summed E-state index contributed by atoms with van der Waals surface area (Å²) in [5.41, 5.74) is 5.56. The molecule has 17 heavy (non-hydrogen) atoms. The van der Waals surface area contributed by atoms with Crippen molar-refractivity contribution >= 4 is 6.08 Å². The van der Waals surface area contributed by atoms with Gasteiger partial charge in [-0.05, 0) is 63.4 Å². The molecule has 0 radical (unpaired) electrons. The maximum atomic E-state index is 2.55. The van der Waals surface area contributed by atoms with Crippen molar-refractivity contribution in [3.63, 3.8) is 0 Å². The van der Waals surface area contributed by atoms with E-state index < -0.39 is 0 Å². The molecular formula is C16H23N. The topological polar surface area (TPSA) is 3.24 Å². The molecule has 0 amide bonds. The summed E-state index contributed by atoms with van der Waals surface area (Å²) in [5.74, 6) is 0. The predicted molar refractivity (Wildman–Crippen MR) is 75.0 cm³/mol. The van der Waals surface area contributed by atoms with Crippen LogP contribution in [0.4, 0.5) is 0 Å². The van der Waals surface area contributed by atoms with Crippen LogP contribution < -0.4 is 0 Å². The molecule has 1 aromatic carbocycles. The van der Waals surface area contributed by atoms with Gasteiger partial charge in [-0.25, -0.2) is 0 Å². The lowest BCUT2D eigenvalue weighted by molar-refractivity contribution is 0.331. The summed E-state index contributed by atoms with van der Waals surface area (Å²) in [7, 11) is 0. The Balaban J connectivity index is 2.15. The Labute approximate surface area is 105 Å². The standard InChI is InChI=1S/C16H23N/c1-13(2)10-16-11-15(7-6-14(16)3)12-17-8-4-5-9-17/h6-7,10-11H,4-5,8-9,12H2,1-3H3. The molecule has 1 nitrogen and oxygen atoms in total. The Hall–Kier alpha value is -1.08. The van der Waals surface area contributed by atoms with Crippen LogP contribution in [-0.2, 0) is 6.54 Å². The first-order chi connectivity index (χ1) is 8.15. The highest BCUT2D eigenvalue weighted by Crippen LogP contribution is 2.18. The van der Waals surface area contributed by atoms with Crippen LogP contribution in [0.1, 0.15) is 43.4 Å². The molecule has 1 aromatic rings. The van der Waals surface area contributed by atoms with Crippen molar-refractivity contribution in [2.75, 3.05) is 13.1 Å². The summed E-state index contributed by atoms with van der Waals surface area (Å²) < 4.78 is 0. The van der Waals surface area contributed by atoms with Gasteiger partial charge in [0.15, 0.2) is 0 Å². The van der Waals surface area contributed by atoms with Crippen LogP contribution in [0.3, 0.4) is 0 Å². The van der Waals surface area contributed by atoms with Gasteiger partial charge in [0.1, 0.15) is 0 Å². The van der Waals surface area contributed by atoms with E-state index in [0.717, 1.165) is 6.54 Å². The van der Waals surface area contributed by atoms with Gasteiger partial charge >= 0.3 is 0 Å². The van der Waals surface area contributed by atoms with E-state index in [0.29, 0.717) is 0 Å². The average Bonchev–Trinajstić information content (AvgIpc) is 2.75. The molecule has 0 bridgehead atoms. The monoisotopic (exact) mass is 229 g/mol. The lowest BCUT2D eigenvalue weighted by Gasteiger charge is -2.15. The Kier molecular flexibility index (Phi) is 4.01. The van der Waals surface area contributed by atoms with E-state index in [1.54, 1.807) is 0 Å². The van der Waals surface area contributed by atoms with Crippen LogP contribution in [0, 0.1) is 6.92 Å². The fourth-order valence-corrected chi connectivity index (χ4v) is 2.45. The molecule has 0 N–H and O–H groups in total. The summed E-state index contributed by atoms with van der Waals surface area (Å²) in [4.78, 5) is 2.55. The molecule has 0 saturated carbocycles. The molecule has 1 fully saturated rings. The maximum Gasteiger partial charge on any atom is 0.0233 e. The summed E-state index contributed by atoms with van der Waals surface area (Å²) in [6.07, 6.45) is 5.02. The molecule has 0 aliphatic carbocycles. The second-order valence-corrected chi connectivity index (χ2v) is 5.40. The van der Waals surface area contributed by atoms with Crippen LogP contribution >= 0.6 is 0 Å². The first-order valence-electron chi connectivity index (χ1n) is 6.62. The minimum absolute atomic E-state index is 1.11. The van der Waals surface area contributed by atoms with Gasteiger partial charge in [-0.15, -0.1) is 0 Å². The highest BCUT2D eigenvalue weighted by atomic mass is 15.1. The van der Waals surface area contributed by atoms with Crippen molar-refractivity contribution in [2.45, 2.75) is 40.2 Å². The van der Waals surface area contributed by atoms with Crippen molar-refractivity contribution in [2.24, 2.45) is 0 Å². The molecule has 0 spiro atoms. The van der Waals surface area contributed by atoms with Gasteiger partial charge < -0.3 is 0 Å². The third-order valence-corrected chi connectivity index (χ3v) is 3.39. The first-order valence-corrected chi connectivity index (χ1v) is 6.62. The second kappa shape index (κ2) is 5.50. The van der Waals surface area contributed by atoms with Gasteiger partial charge in [0.05, 0.1) is 0 Å². The van der Waals surface area contributed by atoms with Gasteiger partial charge in [0.2, 0.25) is 0 Å². The number of benzene rings is 1. The van der Waals surface area contributed by atoms with Gasteiger partial charge in [0.25, 0.3) is 0 Å². The zero-order chi connectivity index (χ0) is 12.3. The van der Waals surface area contributed by atoms with Crippen molar-refractivity contribution in [3.05, 3.63) is 40.5 Å². The highest BCUT2D eigenvalue weighted by Gasteiger charge is 2.11. The SMILES string of the molecule is CC(C)=Cc1cc(CN2CCCC2)ccc1C. The van der Waals surface area contributed by atoms with Crippen LogP contribution in [0.2, 0.25) is 0 Å². The van der Waals surface area contributed by atoms with Gasteiger partial charge in [-0.3, -0.25) is 4.90 Å². The number of hydrogen-bond acceptors (Lipinski definition) is 1. The van der Waals surface area contributed by atoms with Crippen LogP contribution in [0.5, 0.6) is 0 Å². The smallest absolute Gasteiger partial charge is 0.0233 e. The van der Waals surface area contributed by atoms with Gasteiger partial charge in [0, 0.05) is 6.54 Å². The Bertz CT molecular complexity index is 408. The Morgan fingerprint density at radius 3 is 2.59 bits per heavy atom. The first kappa shape index (κ1) is 12.4. The van der Waals surface area contributed by atoms with Crippen molar-refractivity contribution in [3.8, 4) is 0 Å². The summed E-state index contributed by atoms with van der Waals surface area (Å²) in [5, 5.41) is 0. The molecule has 2 rings (SSSR count). The van der Waals surface area contributed by atoms with E-state index in [1.165, 1.54) is 48.2 Å². The third kappa shape index (κ3) is 3.44. The molecule has 1 heteroatoms. The molecule has 0 atom stereocenters. The fourth-order valence-electron chi connectivity index (χ4n) is 2.45. The van der Waals surface area contributed by atoms with E-state index in [4.69, 9.17) is 0 Å². The molecule has 1 heterocycles. The maximum absolute atomic E-state index is 2.55. The third-order valence-electron chi connectivity index (χ3n) is 3.39. The molecule has 1 saturated heterocycles. The number of allylic oxidation sites excluding steroid dienone is 1. The minimum atomic E-state index is 1.11. The molecule has 0 unspecified atom stereocenters. The normalized spacial score (nSPS) is 16.2. The van der Waals surface area contributed by atoms with E-state index in [1.807, 2.05) is 0 Å². The Morgan fingerprint density at radius 2 is 1.94 bits per heavy atom. The van der Waals surface area contributed by atoms with E-state index >= 15 is 0 Å². The molecular weight excluding hydrogens is 206 g/mol. The predicted octanol–water partition coefficient (Wildman–Crippen LogP) is 4.01. The second-order valence-electron chi connectivity index (χ2n) is 5.40. The summed E-state index contributed by atoms with van der Waals surface area (Å²) >= 11 is 0. The molecule has 92 valence electrons. The summed E-state index contributed by atoms with van der Waals surface area (Å²) in [6.45, 7) is 10.2. The van der Waals surface area contributed by atoms with Crippen molar-refractivity contribution in [1.29, 1.82) is 0 Å². The largest absolute Gasteiger partial charge is 0.299 e. The number of likely N-dealkylation sites (tertiary alicyclic amines) is 1. The van der Waals surface area contributed by atoms with Crippen LogP contribution in [0.15, 0.2) is 23.8 Å². The zero-order valence-electron chi connectivity index (χ0n) is 11.3. The summed E-state index contributed by atoms with van der Waals surface area (Å²) in [6, 6.07) is 6.87. The van der Waals surface area contributed by atoms with Gasteiger partial charge in [-0.1, -0.05) is 29.8 Å². The number of rotatable bonds is 3. The zero-order valence-corrected chi connectivity index (χ0v) is 11.3. The highest BCUT2D eigenvalue weighted by molar-refractivity contribution is 5.56. The average molecular weight is 229 g/mol. The number of nitrogens with zero attached hydrogens (tertiary/aromatic N) is 1. The minimum Gasteiger partial charge on any atom is -0.299 e. The molecule has 1 aliphatic rings. The lowest BCUT2D eigenvalue weighted by atomic mass is 10.0.